The number of ether oxygens (including phenoxy) is 1. The molecule has 2 aromatic carbocycles. The Balaban J connectivity index is 1.61. The Kier molecular flexibility index (Phi) is 6.90. The zero-order valence-corrected chi connectivity index (χ0v) is 17.4. The van der Waals surface area contributed by atoms with Gasteiger partial charge in [0.1, 0.15) is 0 Å². The predicted octanol–water partition coefficient (Wildman–Crippen LogP) is 5.18. The molecule has 2 aromatic rings. The van der Waals surface area contributed by atoms with Crippen molar-refractivity contribution in [2.45, 2.75) is 52.1 Å². The first kappa shape index (κ1) is 20.6. The van der Waals surface area contributed by atoms with Gasteiger partial charge in [0.2, 0.25) is 0 Å². The van der Waals surface area contributed by atoms with Gasteiger partial charge in [0.15, 0.2) is 0 Å². The molecule has 0 bridgehead atoms. The largest absolute Gasteiger partial charge is 0.376 e. The lowest BCUT2D eigenvalue weighted by Gasteiger charge is -2.39. The van der Waals surface area contributed by atoms with Gasteiger partial charge in [-0.15, -0.1) is 0 Å². The second-order valence-corrected chi connectivity index (χ2v) is 8.72. The first-order chi connectivity index (χ1) is 13.4. The van der Waals surface area contributed by atoms with E-state index in [0.717, 1.165) is 37.9 Å². The van der Waals surface area contributed by atoms with Gasteiger partial charge in [-0.1, -0.05) is 48.0 Å². The summed E-state index contributed by atoms with van der Waals surface area (Å²) in [6, 6.07) is 18.5. The van der Waals surface area contributed by atoms with Crippen LogP contribution in [0.25, 0.3) is 0 Å². The summed E-state index contributed by atoms with van der Waals surface area (Å²) >= 11 is 0. The Hall–Kier alpha value is -2.13. The van der Waals surface area contributed by atoms with E-state index in [1.807, 2.05) is 31.2 Å². The molecule has 1 saturated heterocycles. The number of aryl methyl sites for hydroxylation is 1. The molecule has 3 nitrogen and oxygen atoms in total. The number of amides is 1. The molecule has 0 aliphatic carbocycles. The van der Waals surface area contributed by atoms with Crippen LogP contribution in [-0.4, -0.2) is 24.7 Å². The van der Waals surface area contributed by atoms with Crippen molar-refractivity contribution in [3.8, 4) is 0 Å². The maximum Gasteiger partial charge on any atom is 0.251 e. The molecule has 0 aromatic heterocycles. The van der Waals surface area contributed by atoms with E-state index in [2.05, 4.69) is 49.5 Å². The third-order valence-corrected chi connectivity index (χ3v) is 5.86. The van der Waals surface area contributed by atoms with Crippen molar-refractivity contribution in [2.24, 2.45) is 11.8 Å². The molecule has 1 amide bonds. The number of benzene rings is 2. The van der Waals surface area contributed by atoms with Crippen LogP contribution in [0.1, 0.15) is 54.6 Å². The quantitative estimate of drug-likeness (QED) is 0.720. The van der Waals surface area contributed by atoms with E-state index in [0.29, 0.717) is 18.4 Å². The minimum Gasteiger partial charge on any atom is -0.376 e. The van der Waals surface area contributed by atoms with Crippen LogP contribution in [0.3, 0.4) is 0 Å². The molecule has 1 N–H and O–H groups in total. The summed E-state index contributed by atoms with van der Waals surface area (Å²) in [6.07, 6.45) is 4.23. The van der Waals surface area contributed by atoms with Gasteiger partial charge in [0.25, 0.3) is 5.91 Å². The molecule has 3 rings (SSSR count). The van der Waals surface area contributed by atoms with Gasteiger partial charge in [-0.2, -0.15) is 0 Å². The van der Waals surface area contributed by atoms with Gasteiger partial charge >= 0.3 is 0 Å². The number of hydrogen-bond acceptors (Lipinski definition) is 2. The molecule has 0 spiro atoms. The summed E-state index contributed by atoms with van der Waals surface area (Å²) in [5, 5.41) is 3.12. The van der Waals surface area contributed by atoms with Crippen LogP contribution < -0.4 is 5.32 Å². The maximum absolute atomic E-state index is 12.4. The third kappa shape index (κ3) is 5.93. The zero-order chi connectivity index (χ0) is 20.0. The van der Waals surface area contributed by atoms with E-state index in [-0.39, 0.29) is 11.5 Å². The molecule has 28 heavy (non-hydrogen) atoms. The van der Waals surface area contributed by atoms with E-state index >= 15 is 0 Å². The van der Waals surface area contributed by atoms with Crippen molar-refractivity contribution in [3.05, 3.63) is 71.3 Å². The SMILES string of the molecule is Cc1ccc(C(=O)NCCC(Cc2ccccc2)C2CCOC(C)(C)C2)cc1. The number of nitrogens with one attached hydrogen (secondary N) is 1. The smallest absolute Gasteiger partial charge is 0.251 e. The fraction of sp³-hybridized carbons (Fsp3) is 0.480. The van der Waals surface area contributed by atoms with E-state index < -0.39 is 0 Å². The normalized spacial score (nSPS) is 19.8. The molecule has 0 saturated carbocycles. The van der Waals surface area contributed by atoms with Gasteiger partial charge < -0.3 is 10.1 Å². The van der Waals surface area contributed by atoms with Crippen LogP contribution in [0, 0.1) is 18.8 Å². The molecule has 3 heteroatoms. The van der Waals surface area contributed by atoms with E-state index in [1.165, 1.54) is 11.1 Å². The lowest BCUT2D eigenvalue weighted by molar-refractivity contribution is -0.0830. The van der Waals surface area contributed by atoms with Gasteiger partial charge in [-0.3, -0.25) is 4.79 Å². The van der Waals surface area contributed by atoms with Crippen LogP contribution in [0.4, 0.5) is 0 Å². The summed E-state index contributed by atoms with van der Waals surface area (Å²) in [5.74, 6) is 1.19. The summed E-state index contributed by atoms with van der Waals surface area (Å²) in [7, 11) is 0. The van der Waals surface area contributed by atoms with E-state index in [9.17, 15) is 4.79 Å². The fourth-order valence-corrected chi connectivity index (χ4v) is 4.28. The number of carbonyl (C=O) groups is 1. The van der Waals surface area contributed by atoms with Crippen LogP contribution in [0.15, 0.2) is 54.6 Å². The predicted molar refractivity (Wildman–Crippen MR) is 115 cm³/mol. The first-order valence-electron chi connectivity index (χ1n) is 10.5. The highest BCUT2D eigenvalue weighted by atomic mass is 16.5. The highest BCUT2D eigenvalue weighted by Crippen LogP contribution is 2.36. The molecular formula is C25H33NO2. The highest BCUT2D eigenvalue weighted by Gasteiger charge is 2.33. The van der Waals surface area contributed by atoms with Gasteiger partial charge in [0.05, 0.1) is 5.60 Å². The average molecular weight is 380 g/mol. The molecule has 0 radical (unpaired) electrons. The summed E-state index contributed by atoms with van der Waals surface area (Å²) in [6.45, 7) is 7.96. The van der Waals surface area contributed by atoms with Crippen LogP contribution in [0.2, 0.25) is 0 Å². The third-order valence-electron chi connectivity index (χ3n) is 5.86. The molecule has 2 atom stereocenters. The Labute approximate surface area is 169 Å². The van der Waals surface area contributed by atoms with Crippen molar-refractivity contribution in [1.29, 1.82) is 0 Å². The van der Waals surface area contributed by atoms with E-state index in [4.69, 9.17) is 4.74 Å². The number of rotatable bonds is 7. The molecule has 150 valence electrons. The van der Waals surface area contributed by atoms with Crippen LogP contribution in [0.5, 0.6) is 0 Å². The molecule has 1 aliphatic rings. The fourth-order valence-electron chi connectivity index (χ4n) is 4.28. The molecule has 1 fully saturated rings. The van der Waals surface area contributed by atoms with Crippen molar-refractivity contribution in [1.82, 2.24) is 5.32 Å². The second kappa shape index (κ2) is 9.38. The van der Waals surface area contributed by atoms with Crippen LogP contribution >= 0.6 is 0 Å². The zero-order valence-electron chi connectivity index (χ0n) is 17.4. The topological polar surface area (TPSA) is 38.3 Å². The summed E-state index contributed by atoms with van der Waals surface area (Å²) < 4.78 is 5.94. The van der Waals surface area contributed by atoms with Crippen molar-refractivity contribution < 1.29 is 9.53 Å². The van der Waals surface area contributed by atoms with E-state index in [1.54, 1.807) is 0 Å². The van der Waals surface area contributed by atoms with Gasteiger partial charge in [0, 0.05) is 18.7 Å². The van der Waals surface area contributed by atoms with Crippen molar-refractivity contribution in [2.75, 3.05) is 13.2 Å². The molecule has 2 unspecified atom stereocenters. The lowest BCUT2D eigenvalue weighted by Crippen LogP contribution is -2.38. The highest BCUT2D eigenvalue weighted by molar-refractivity contribution is 5.94. The minimum absolute atomic E-state index is 0.0192. The summed E-state index contributed by atoms with van der Waals surface area (Å²) in [5.41, 5.74) is 3.23. The number of hydrogen-bond donors (Lipinski definition) is 1. The second-order valence-electron chi connectivity index (χ2n) is 8.72. The molecular weight excluding hydrogens is 346 g/mol. The van der Waals surface area contributed by atoms with Crippen molar-refractivity contribution in [3.63, 3.8) is 0 Å². The lowest BCUT2D eigenvalue weighted by atomic mass is 9.75. The average Bonchev–Trinajstić information content (AvgIpc) is 2.67. The molecule has 1 heterocycles. The van der Waals surface area contributed by atoms with Gasteiger partial charge in [-0.05, 0) is 76.0 Å². The maximum atomic E-state index is 12.4. The Bertz CT molecular complexity index is 752. The number of carbonyl (C=O) groups excluding carboxylic acids is 1. The van der Waals surface area contributed by atoms with Crippen molar-refractivity contribution >= 4 is 5.91 Å². The Morgan fingerprint density at radius 1 is 1.14 bits per heavy atom. The monoisotopic (exact) mass is 379 g/mol. The Morgan fingerprint density at radius 2 is 1.86 bits per heavy atom. The van der Waals surface area contributed by atoms with Crippen LogP contribution in [-0.2, 0) is 11.2 Å². The summed E-state index contributed by atoms with van der Waals surface area (Å²) in [4.78, 5) is 12.4. The van der Waals surface area contributed by atoms with Gasteiger partial charge in [-0.25, -0.2) is 0 Å². The first-order valence-corrected chi connectivity index (χ1v) is 10.5. The Morgan fingerprint density at radius 3 is 2.54 bits per heavy atom. The minimum atomic E-state index is -0.0526. The standard InChI is InChI=1S/C25H33NO2/c1-19-9-11-21(12-10-19)24(27)26-15-13-22(17-20-7-5-4-6-8-20)23-14-16-28-25(2,3)18-23/h4-12,22-23H,13-18H2,1-3H3,(H,26,27). The molecule has 1 aliphatic heterocycles.